The average molecular weight is 241 g/mol. The Morgan fingerprint density at radius 1 is 1.29 bits per heavy atom. The first-order valence-corrected chi connectivity index (χ1v) is 4.99. The zero-order chi connectivity index (χ0) is 12.8. The monoisotopic (exact) mass is 241 g/mol. The minimum atomic E-state index is -4.41. The third-order valence-corrected chi connectivity index (χ3v) is 2.73. The molecule has 1 heterocycles. The van der Waals surface area contributed by atoms with Crippen LogP contribution < -0.4 is 0 Å². The standard InChI is InChI=1S/C12H10F3NO/c1-7(17)9-5-3-4-8-6-10(12(13,14)15)16(2)11(8)9/h3-6H,1-2H3. The second-order valence-electron chi connectivity index (χ2n) is 3.89. The number of carbonyl (C=O) groups is 1. The van der Waals surface area contributed by atoms with Crippen LogP contribution in [-0.4, -0.2) is 10.4 Å². The van der Waals surface area contributed by atoms with E-state index in [1.165, 1.54) is 20.0 Å². The van der Waals surface area contributed by atoms with Crippen LogP contribution in [0.25, 0.3) is 10.9 Å². The number of aryl methyl sites for hydroxylation is 1. The summed E-state index contributed by atoms with van der Waals surface area (Å²) >= 11 is 0. The lowest BCUT2D eigenvalue weighted by Gasteiger charge is -2.08. The number of Topliss-reactive ketones (excluding diaryl/α,β-unsaturated/α-hetero) is 1. The molecule has 2 aromatic rings. The van der Waals surface area contributed by atoms with Crippen LogP contribution in [0.1, 0.15) is 23.0 Å². The van der Waals surface area contributed by atoms with Crippen LogP contribution in [-0.2, 0) is 13.2 Å². The topological polar surface area (TPSA) is 22.0 Å². The van der Waals surface area contributed by atoms with Gasteiger partial charge in [0.05, 0.1) is 5.52 Å². The normalized spacial score (nSPS) is 12.1. The van der Waals surface area contributed by atoms with Gasteiger partial charge in [-0.3, -0.25) is 4.79 Å². The first kappa shape index (κ1) is 11.7. The molecule has 17 heavy (non-hydrogen) atoms. The summed E-state index contributed by atoms with van der Waals surface area (Å²) < 4.78 is 39.2. The molecule has 0 aliphatic heterocycles. The second-order valence-corrected chi connectivity index (χ2v) is 3.89. The summed E-state index contributed by atoms with van der Waals surface area (Å²) in [4.78, 5) is 11.4. The van der Waals surface area contributed by atoms with Gasteiger partial charge >= 0.3 is 6.18 Å². The highest BCUT2D eigenvalue weighted by atomic mass is 19.4. The number of hydrogen-bond donors (Lipinski definition) is 0. The van der Waals surface area contributed by atoms with E-state index in [1.807, 2.05) is 0 Å². The molecule has 1 aromatic heterocycles. The molecule has 2 nitrogen and oxygen atoms in total. The van der Waals surface area contributed by atoms with E-state index in [0.29, 0.717) is 16.5 Å². The number of carbonyl (C=O) groups excluding carboxylic acids is 1. The van der Waals surface area contributed by atoms with Gasteiger partial charge in [0.15, 0.2) is 5.78 Å². The van der Waals surface area contributed by atoms with Gasteiger partial charge in [0.1, 0.15) is 5.69 Å². The van der Waals surface area contributed by atoms with Crippen LogP contribution in [0.3, 0.4) is 0 Å². The summed E-state index contributed by atoms with van der Waals surface area (Å²) in [5, 5.41) is 0.424. The highest BCUT2D eigenvalue weighted by molar-refractivity contribution is 6.06. The lowest BCUT2D eigenvalue weighted by molar-refractivity contribution is -0.142. The quantitative estimate of drug-likeness (QED) is 0.701. The SMILES string of the molecule is CC(=O)c1cccc2cc(C(F)(F)F)n(C)c12. The molecule has 0 N–H and O–H groups in total. The number of rotatable bonds is 1. The van der Waals surface area contributed by atoms with Crippen molar-refractivity contribution in [2.75, 3.05) is 0 Å². The Morgan fingerprint density at radius 2 is 1.94 bits per heavy atom. The number of ketones is 1. The molecule has 0 atom stereocenters. The predicted octanol–water partition coefficient (Wildman–Crippen LogP) is 3.40. The minimum absolute atomic E-state index is 0.245. The largest absolute Gasteiger partial charge is 0.431 e. The second kappa shape index (κ2) is 3.61. The molecule has 0 spiro atoms. The number of benzene rings is 1. The van der Waals surface area contributed by atoms with Crippen LogP contribution >= 0.6 is 0 Å². The Morgan fingerprint density at radius 3 is 2.47 bits per heavy atom. The molecule has 0 fully saturated rings. The van der Waals surface area contributed by atoms with Crippen molar-refractivity contribution in [3.63, 3.8) is 0 Å². The molecule has 0 unspecified atom stereocenters. The fourth-order valence-corrected chi connectivity index (χ4v) is 1.97. The number of hydrogen-bond acceptors (Lipinski definition) is 1. The molecule has 0 aliphatic rings. The van der Waals surface area contributed by atoms with Crippen LogP contribution in [0, 0.1) is 0 Å². The van der Waals surface area contributed by atoms with Crippen molar-refractivity contribution < 1.29 is 18.0 Å². The molecular weight excluding hydrogens is 231 g/mol. The number of fused-ring (bicyclic) bond motifs is 1. The molecule has 0 amide bonds. The molecule has 0 saturated heterocycles. The summed E-state index contributed by atoms with van der Waals surface area (Å²) in [6.07, 6.45) is -4.41. The summed E-state index contributed by atoms with van der Waals surface area (Å²) in [6.45, 7) is 1.34. The molecule has 0 saturated carbocycles. The Kier molecular flexibility index (Phi) is 2.49. The lowest BCUT2D eigenvalue weighted by Crippen LogP contribution is -2.11. The maximum Gasteiger partial charge on any atom is 0.431 e. The Hall–Kier alpha value is -1.78. The van der Waals surface area contributed by atoms with E-state index in [-0.39, 0.29) is 5.78 Å². The first-order chi connectivity index (χ1) is 7.82. The van der Waals surface area contributed by atoms with E-state index in [2.05, 4.69) is 0 Å². The number of alkyl halides is 3. The fourth-order valence-electron chi connectivity index (χ4n) is 1.97. The smallest absolute Gasteiger partial charge is 0.340 e. The van der Waals surface area contributed by atoms with Gasteiger partial charge in [-0.15, -0.1) is 0 Å². The first-order valence-electron chi connectivity index (χ1n) is 4.99. The number of nitrogens with zero attached hydrogens (tertiary/aromatic N) is 1. The van der Waals surface area contributed by atoms with Crippen LogP contribution in [0.15, 0.2) is 24.3 Å². The van der Waals surface area contributed by atoms with Crippen LogP contribution in [0.2, 0.25) is 0 Å². The van der Waals surface area contributed by atoms with Gasteiger partial charge < -0.3 is 4.57 Å². The van der Waals surface area contributed by atoms with Crippen LogP contribution in [0.4, 0.5) is 13.2 Å². The maximum atomic E-state index is 12.7. The highest BCUT2D eigenvalue weighted by Crippen LogP contribution is 2.34. The molecule has 5 heteroatoms. The van der Waals surface area contributed by atoms with Crippen molar-refractivity contribution in [1.29, 1.82) is 0 Å². The molecule has 0 bridgehead atoms. The highest BCUT2D eigenvalue weighted by Gasteiger charge is 2.34. The van der Waals surface area contributed by atoms with Crippen molar-refractivity contribution in [1.82, 2.24) is 4.57 Å². The van der Waals surface area contributed by atoms with Gasteiger partial charge in [-0.2, -0.15) is 13.2 Å². The summed E-state index contributed by atoms with van der Waals surface area (Å²) in [5.74, 6) is -0.245. The summed E-state index contributed by atoms with van der Waals surface area (Å²) in [6, 6.07) is 5.74. The number of para-hydroxylation sites is 1. The summed E-state index contributed by atoms with van der Waals surface area (Å²) in [5.41, 5.74) is -0.117. The summed E-state index contributed by atoms with van der Waals surface area (Å²) in [7, 11) is 1.32. The fraction of sp³-hybridized carbons (Fsp3) is 0.250. The third kappa shape index (κ3) is 1.81. The van der Waals surface area contributed by atoms with E-state index in [0.717, 1.165) is 10.6 Å². The molecule has 2 rings (SSSR count). The van der Waals surface area contributed by atoms with Gasteiger partial charge in [0.2, 0.25) is 0 Å². The average Bonchev–Trinajstić information content (AvgIpc) is 2.55. The van der Waals surface area contributed by atoms with E-state index in [9.17, 15) is 18.0 Å². The van der Waals surface area contributed by atoms with E-state index < -0.39 is 11.9 Å². The van der Waals surface area contributed by atoms with E-state index in [1.54, 1.807) is 12.1 Å². The zero-order valence-corrected chi connectivity index (χ0v) is 9.30. The van der Waals surface area contributed by atoms with E-state index in [4.69, 9.17) is 0 Å². The third-order valence-electron chi connectivity index (χ3n) is 2.73. The van der Waals surface area contributed by atoms with Crippen molar-refractivity contribution in [2.24, 2.45) is 7.05 Å². The number of aromatic nitrogens is 1. The van der Waals surface area contributed by atoms with Crippen molar-refractivity contribution in [2.45, 2.75) is 13.1 Å². The van der Waals surface area contributed by atoms with Crippen molar-refractivity contribution in [3.05, 3.63) is 35.5 Å². The van der Waals surface area contributed by atoms with Gasteiger partial charge in [0.25, 0.3) is 0 Å². The van der Waals surface area contributed by atoms with Gasteiger partial charge in [-0.05, 0) is 19.1 Å². The van der Waals surface area contributed by atoms with Gasteiger partial charge in [-0.25, -0.2) is 0 Å². The van der Waals surface area contributed by atoms with Crippen LogP contribution in [0.5, 0.6) is 0 Å². The molecule has 1 aromatic carbocycles. The Balaban J connectivity index is 2.84. The lowest BCUT2D eigenvalue weighted by atomic mass is 10.1. The zero-order valence-electron chi connectivity index (χ0n) is 9.30. The maximum absolute atomic E-state index is 12.7. The number of halogens is 3. The molecule has 0 radical (unpaired) electrons. The van der Waals surface area contributed by atoms with Crippen molar-refractivity contribution >= 4 is 16.7 Å². The Bertz CT molecular complexity index is 596. The molecular formula is C12H10F3NO. The Labute approximate surface area is 95.7 Å². The molecule has 0 aliphatic carbocycles. The van der Waals surface area contributed by atoms with Gasteiger partial charge in [0, 0.05) is 18.0 Å². The van der Waals surface area contributed by atoms with Crippen molar-refractivity contribution in [3.8, 4) is 0 Å². The predicted molar refractivity (Wildman–Crippen MR) is 57.9 cm³/mol. The molecule has 90 valence electrons. The minimum Gasteiger partial charge on any atom is -0.340 e. The van der Waals surface area contributed by atoms with E-state index >= 15 is 0 Å². The van der Waals surface area contributed by atoms with Gasteiger partial charge in [-0.1, -0.05) is 12.1 Å².